The van der Waals surface area contributed by atoms with Gasteiger partial charge in [-0.2, -0.15) is 0 Å². The van der Waals surface area contributed by atoms with Crippen LogP contribution in [-0.2, 0) is 20.1 Å². The van der Waals surface area contributed by atoms with Gasteiger partial charge in [0.2, 0.25) is 0 Å². The Morgan fingerprint density at radius 1 is 0.971 bits per heavy atom. The van der Waals surface area contributed by atoms with E-state index in [2.05, 4.69) is 69.9 Å². The fourth-order valence-electron chi connectivity index (χ4n) is 5.95. The fourth-order valence-corrected chi connectivity index (χ4v) is 5.95. The third-order valence-electron chi connectivity index (χ3n) is 8.03. The normalized spacial score (nSPS) is 27.0. The number of hydrogen-bond acceptors (Lipinski definition) is 3. The SMILES string of the molecule is CC1(C)CCCC2CC(C)(C)C(O)C2C1O.Cc1cccc2cnc(-c3[c-]cccc3)cc12.[Ir]. The van der Waals surface area contributed by atoms with Crippen molar-refractivity contribution in [1.29, 1.82) is 0 Å². The van der Waals surface area contributed by atoms with Gasteiger partial charge in [0.15, 0.2) is 0 Å². The molecule has 2 aliphatic rings. The maximum Gasteiger partial charge on any atom is 0.0646 e. The topological polar surface area (TPSA) is 53.4 Å². The molecule has 185 valence electrons. The van der Waals surface area contributed by atoms with Crippen LogP contribution >= 0.6 is 0 Å². The summed E-state index contributed by atoms with van der Waals surface area (Å²) in [5, 5.41) is 23.4. The fraction of sp³-hybridized carbons (Fsp3) is 0.500. The molecule has 0 amide bonds. The monoisotopic (exact) mass is 637 g/mol. The van der Waals surface area contributed by atoms with E-state index >= 15 is 0 Å². The van der Waals surface area contributed by atoms with Gasteiger partial charge in [-0.1, -0.05) is 58.4 Å². The molecule has 0 aliphatic heterocycles. The maximum atomic E-state index is 10.5. The van der Waals surface area contributed by atoms with Crippen LogP contribution < -0.4 is 0 Å². The molecule has 2 N–H and O–H groups in total. The van der Waals surface area contributed by atoms with Crippen molar-refractivity contribution in [2.24, 2.45) is 22.7 Å². The standard InChI is InChI=1S/C16H12N.C14H26O2.Ir/c1-12-6-5-9-14-11-17-16(10-15(12)14)13-7-3-2-4-8-13;1-13(2)7-5-6-9-8-14(3,4)12(16)10(9)11(13)15;/h2-7,9-11H,1H3;9-12,15-16H,5-8H2,1-4H3;/q-1;;. The quantitative estimate of drug-likeness (QED) is 0.297. The van der Waals surface area contributed by atoms with Crippen LogP contribution in [0.3, 0.4) is 0 Å². The van der Waals surface area contributed by atoms with Crippen LogP contribution in [0.25, 0.3) is 22.0 Å². The molecule has 4 unspecified atom stereocenters. The van der Waals surface area contributed by atoms with Crippen molar-refractivity contribution in [3.63, 3.8) is 0 Å². The summed E-state index contributed by atoms with van der Waals surface area (Å²) >= 11 is 0. The number of nitrogens with zero attached hydrogens (tertiary/aromatic N) is 1. The van der Waals surface area contributed by atoms with Gasteiger partial charge in [0.25, 0.3) is 0 Å². The minimum atomic E-state index is -0.350. The number of aryl methyl sites for hydroxylation is 1. The molecule has 34 heavy (non-hydrogen) atoms. The molecule has 0 spiro atoms. The largest absolute Gasteiger partial charge is 0.392 e. The molecule has 0 saturated heterocycles. The van der Waals surface area contributed by atoms with E-state index in [1.165, 1.54) is 29.2 Å². The molecule has 5 rings (SSSR count). The Hall–Kier alpha value is -1.58. The molecular formula is C30H38IrNO2-. The molecule has 2 aromatic carbocycles. The second kappa shape index (κ2) is 10.6. The minimum Gasteiger partial charge on any atom is -0.392 e. The van der Waals surface area contributed by atoms with Crippen molar-refractivity contribution in [3.8, 4) is 11.3 Å². The number of aliphatic hydroxyl groups excluding tert-OH is 2. The van der Waals surface area contributed by atoms with Crippen molar-refractivity contribution in [2.45, 2.75) is 72.5 Å². The number of pyridine rings is 1. The Kier molecular flexibility index (Phi) is 8.41. The van der Waals surface area contributed by atoms with Crippen LogP contribution in [0, 0.1) is 35.7 Å². The summed E-state index contributed by atoms with van der Waals surface area (Å²) in [4.78, 5) is 4.49. The van der Waals surface area contributed by atoms with E-state index in [0.29, 0.717) is 5.92 Å². The van der Waals surface area contributed by atoms with Gasteiger partial charge in [-0.25, -0.2) is 0 Å². The molecule has 1 aromatic heterocycles. The summed E-state index contributed by atoms with van der Waals surface area (Å²) in [5.74, 6) is 0.606. The molecule has 2 fully saturated rings. The molecule has 2 saturated carbocycles. The zero-order valence-electron chi connectivity index (χ0n) is 21.0. The summed E-state index contributed by atoms with van der Waals surface area (Å²) in [6, 6.07) is 19.5. The maximum absolute atomic E-state index is 10.5. The molecule has 1 radical (unpaired) electrons. The Morgan fingerprint density at radius 2 is 1.71 bits per heavy atom. The summed E-state index contributed by atoms with van der Waals surface area (Å²) < 4.78 is 0. The molecular weight excluding hydrogens is 599 g/mol. The Morgan fingerprint density at radius 3 is 2.41 bits per heavy atom. The van der Waals surface area contributed by atoms with Gasteiger partial charge < -0.3 is 15.2 Å². The van der Waals surface area contributed by atoms with Crippen LogP contribution in [0.2, 0.25) is 0 Å². The Balaban J connectivity index is 0.000000186. The van der Waals surface area contributed by atoms with Crippen LogP contribution in [0.5, 0.6) is 0 Å². The van der Waals surface area contributed by atoms with Gasteiger partial charge in [0.1, 0.15) is 0 Å². The smallest absolute Gasteiger partial charge is 0.0646 e. The van der Waals surface area contributed by atoms with E-state index in [1.807, 2.05) is 30.5 Å². The zero-order chi connectivity index (χ0) is 23.8. The van der Waals surface area contributed by atoms with Crippen molar-refractivity contribution >= 4 is 10.8 Å². The van der Waals surface area contributed by atoms with Crippen molar-refractivity contribution in [1.82, 2.24) is 4.98 Å². The average Bonchev–Trinajstić information content (AvgIpc) is 2.95. The number of aromatic nitrogens is 1. The summed E-state index contributed by atoms with van der Waals surface area (Å²) in [5.41, 5.74) is 3.23. The Labute approximate surface area is 218 Å². The molecule has 3 aromatic rings. The van der Waals surface area contributed by atoms with Gasteiger partial charge in [0, 0.05) is 32.2 Å². The number of fused-ring (bicyclic) bond motifs is 2. The summed E-state index contributed by atoms with van der Waals surface area (Å²) in [7, 11) is 0. The molecule has 0 bridgehead atoms. The van der Waals surface area contributed by atoms with Crippen molar-refractivity contribution < 1.29 is 30.3 Å². The van der Waals surface area contributed by atoms with Crippen LogP contribution in [0.4, 0.5) is 0 Å². The third-order valence-corrected chi connectivity index (χ3v) is 8.03. The van der Waals surface area contributed by atoms with Gasteiger partial charge in [-0.3, -0.25) is 0 Å². The van der Waals surface area contributed by atoms with Gasteiger partial charge in [-0.15, -0.1) is 35.9 Å². The van der Waals surface area contributed by atoms with Crippen molar-refractivity contribution in [3.05, 3.63) is 66.4 Å². The first-order valence-corrected chi connectivity index (χ1v) is 12.3. The van der Waals surface area contributed by atoms with E-state index in [9.17, 15) is 10.2 Å². The molecule has 2 aliphatic carbocycles. The predicted molar refractivity (Wildman–Crippen MR) is 136 cm³/mol. The number of rotatable bonds is 1. The number of hydrogen-bond donors (Lipinski definition) is 2. The Bertz CT molecular complexity index is 1100. The summed E-state index contributed by atoms with van der Waals surface area (Å²) in [6.07, 6.45) is 5.74. The summed E-state index contributed by atoms with van der Waals surface area (Å²) in [6.45, 7) is 10.7. The first-order valence-electron chi connectivity index (χ1n) is 12.3. The predicted octanol–water partition coefficient (Wildman–Crippen LogP) is 6.59. The molecule has 3 nitrogen and oxygen atoms in total. The van der Waals surface area contributed by atoms with Crippen molar-refractivity contribution in [2.75, 3.05) is 0 Å². The average molecular weight is 637 g/mol. The van der Waals surface area contributed by atoms with Crippen LogP contribution in [-0.4, -0.2) is 27.4 Å². The molecule has 4 heteroatoms. The van der Waals surface area contributed by atoms with E-state index in [0.717, 1.165) is 24.1 Å². The second-order valence-electron chi connectivity index (χ2n) is 11.4. The minimum absolute atomic E-state index is 0. The van der Waals surface area contributed by atoms with Gasteiger partial charge in [0.05, 0.1) is 12.2 Å². The first-order chi connectivity index (χ1) is 15.6. The van der Waals surface area contributed by atoms with Crippen LogP contribution in [0.1, 0.15) is 58.9 Å². The first kappa shape index (κ1) is 27.0. The molecule has 1 heterocycles. The zero-order valence-corrected chi connectivity index (χ0v) is 23.4. The number of benzene rings is 2. The van der Waals surface area contributed by atoms with Gasteiger partial charge in [-0.05, 0) is 65.0 Å². The van der Waals surface area contributed by atoms with E-state index < -0.39 is 0 Å². The van der Waals surface area contributed by atoms with E-state index in [4.69, 9.17) is 0 Å². The number of aliphatic hydroxyl groups is 2. The van der Waals surface area contributed by atoms with E-state index in [1.54, 1.807) is 0 Å². The second-order valence-corrected chi connectivity index (χ2v) is 11.4. The third kappa shape index (κ3) is 5.46. The van der Waals surface area contributed by atoms with Crippen LogP contribution in [0.15, 0.2) is 54.7 Å². The molecule has 4 atom stereocenters. The van der Waals surface area contributed by atoms with Gasteiger partial charge >= 0.3 is 0 Å². The van der Waals surface area contributed by atoms with E-state index in [-0.39, 0.29) is 49.1 Å².